The molecule has 0 radical (unpaired) electrons. The van der Waals surface area contributed by atoms with Gasteiger partial charge in [0.1, 0.15) is 17.3 Å². The summed E-state index contributed by atoms with van der Waals surface area (Å²) in [6, 6.07) is 11.1. The molecule has 0 aliphatic heterocycles. The third kappa shape index (κ3) is 3.11. The van der Waals surface area contributed by atoms with Crippen LogP contribution in [0.1, 0.15) is 10.5 Å². The van der Waals surface area contributed by atoms with Gasteiger partial charge >= 0.3 is 0 Å². The summed E-state index contributed by atoms with van der Waals surface area (Å²) in [7, 11) is 5.49. The number of ether oxygens (including phenoxy) is 1. The summed E-state index contributed by atoms with van der Waals surface area (Å²) in [5.74, 6) is 1.02. The van der Waals surface area contributed by atoms with Crippen molar-refractivity contribution in [1.82, 2.24) is 9.97 Å². The van der Waals surface area contributed by atoms with Crippen LogP contribution in [0.15, 0.2) is 42.6 Å². The SMILES string of the molecule is COc1ccc2cc(C(=O)Nc3ccc(N(C)C)cn3)[nH]c2c1. The molecule has 2 aromatic heterocycles. The average Bonchev–Trinajstić information content (AvgIpc) is 2.98. The fourth-order valence-corrected chi connectivity index (χ4v) is 2.26. The lowest BCUT2D eigenvalue weighted by molar-refractivity contribution is 0.102. The summed E-state index contributed by atoms with van der Waals surface area (Å²) in [6.45, 7) is 0. The third-order valence-electron chi connectivity index (χ3n) is 3.58. The van der Waals surface area contributed by atoms with Crippen LogP contribution in [0.3, 0.4) is 0 Å². The van der Waals surface area contributed by atoms with Gasteiger partial charge in [-0.3, -0.25) is 4.79 Å². The first-order chi connectivity index (χ1) is 11.1. The normalized spacial score (nSPS) is 10.6. The van der Waals surface area contributed by atoms with Gasteiger partial charge in [-0.2, -0.15) is 0 Å². The molecule has 0 aliphatic carbocycles. The van der Waals surface area contributed by atoms with Crippen LogP contribution in [0.25, 0.3) is 10.9 Å². The number of fused-ring (bicyclic) bond motifs is 1. The van der Waals surface area contributed by atoms with Crippen molar-refractivity contribution in [3.05, 3.63) is 48.3 Å². The first-order valence-electron chi connectivity index (χ1n) is 7.18. The zero-order valence-electron chi connectivity index (χ0n) is 13.3. The maximum atomic E-state index is 12.3. The van der Waals surface area contributed by atoms with Gasteiger partial charge in [-0.25, -0.2) is 4.98 Å². The average molecular weight is 310 g/mol. The molecule has 118 valence electrons. The Labute approximate surface area is 134 Å². The number of aromatic amines is 1. The molecule has 2 N–H and O–H groups in total. The van der Waals surface area contributed by atoms with E-state index >= 15 is 0 Å². The van der Waals surface area contributed by atoms with Crippen LogP contribution in [0.4, 0.5) is 11.5 Å². The molecular formula is C17H18N4O2. The molecule has 3 rings (SSSR count). The lowest BCUT2D eigenvalue weighted by Crippen LogP contribution is -2.14. The number of rotatable bonds is 4. The molecule has 0 spiro atoms. The summed E-state index contributed by atoms with van der Waals surface area (Å²) < 4.78 is 5.18. The topological polar surface area (TPSA) is 70.2 Å². The van der Waals surface area contributed by atoms with E-state index in [0.717, 1.165) is 22.3 Å². The van der Waals surface area contributed by atoms with Crippen LogP contribution in [0.5, 0.6) is 5.75 Å². The molecular weight excluding hydrogens is 292 g/mol. The van der Waals surface area contributed by atoms with Crippen LogP contribution >= 0.6 is 0 Å². The Morgan fingerprint density at radius 2 is 2.04 bits per heavy atom. The Hall–Kier alpha value is -3.02. The van der Waals surface area contributed by atoms with Crippen molar-refractivity contribution in [1.29, 1.82) is 0 Å². The summed E-state index contributed by atoms with van der Waals surface area (Å²) in [6.07, 6.45) is 1.71. The molecule has 1 aromatic carbocycles. The van der Waals surface area contributed by atoms with Gasteiger partial charge in [0.25, 0.3) is 5.91 Å². The molecule has 0 unspecified atom stereocenters. The van der Waals surface area contributed by atoms with Crippen LogP contribution in [0, 0.1) is 0 Å². The maximum Gasteiger partial charge on any atom is 0.273 e. The summed E-state index contributed by atoms with van der Waals surface area (Å²) in [4.78, 5) is 21.6. The van der Waals surface area contributed by atoms with E-state index in [2.05, 4.69) is 15.3 Å². The van der Waals surface area contributed by atoms with E-state index in [-0.39, 0.29) is 5.91 Å². The van der Waals surface area contributed by atoms with E-state index in [1.165, 1.54) is 0 Å². The number of nitrogens with one attached hydrogen (secondary N) is 2. The van der Waals surface area contributed by atoms with Gasteiger partial charge in [-0.05, 0) is 30.3 Å². The van der Waals surface area contributed by atoms with Crippen LogP contribution in [-0.2, 0) is 0 Å². The second-order valence-electron chi connectivity index (χ2n) is 5.39. The third-order valence-corrected chi connectivity index (χ3v) is 3.58. The monoisotopic (exact) mass is 310 g/mol. The fourth-order valence-electron chi connectivity index (χ4n) is 2.26. The number of aromatic nitrogens is 2. The molecule has 0 fully saturated rings. The van der Waals surface area contributed by atoms with E-state index in [4.69, 9.17) is 4.74 Å². The number of carbonyl (C=O) groups is 1. The van der Waals surface area contributed by atoms with Gasteiger partial charge in [0.2, 0.25) is 0 Å². The Morgan fingerprint density at radius 1 is 1.22 bits per heavy atom. The summed E-state index contributed by atoms with van der Waals surface area (Å²) in [5, 5.41) is 3.73. The van der Waals surface area contributed by atoms with Crippen molar-refractivity contribution in [2.75, 3.05) is 31.4 Å². The molecule has 3 aromatic rings. The number of benzene rings is 1. The van der Waals surface area contributed by atoms with E-state index in [1.807, 2.05) is 43.3 Å². The number of nitrogens with zero attached hydrogens (tertiary/aromatic N) is 2. The second kappa shape index (κ2) is 6.00. The summed E-state index contributed by atoms with van der Waals surface area (Å²) in [5.41, 5.74) is 2.30. The van der Waals surface area contributed by atoms with Crippen molar-refractivity contribution >= 4 is 28.3 Å². The molecule has 0 saturated heterocycles. The molecule has 0 bridgehead atoms. The first-order valence-corrected chi connectivity index (χ1v) is 7.18. The van der Waals surface area contributed by atoms with Crippen molar-refractivity contribution in [3.63, 3.8) is 0 Å². The Morgan fingerprint density at radius 3 is 2.70 bits per heavy atom. The van der Waals surface area contributed by atoms with Gasteiger partial charge in [-0.1, -0.05) is 0 Å². The highest BCUT2D eigenvalue weighted by molar-refractivity contribution is 6.05. The highest BCUT2D eigenvalue weighted by Crippen LogP contribution is 2.22. The van der Waals surface area contributed by atoms with Gasteiger partial charge in [0, 0.05) is 31.1 Å². The van der Waals surface area contributed by atoms with Crippen molar-refractivity contribution in [2.45, 2.75) is 0 Å². The van der Waals surface area contributed by atoms with Crippen molar-refractivity contribution in [2.24, 2.45) is 0 Å². The number of hydrogen-bond acceptors (Lipinski definition) is 4. The Balaban J connectivity index is 1.80. The molecule has 0 aliphatic rings. The minimum Gasteiger partial charge on any atom is -0.497 e. The second-order valence-corrected chi connectivity index (χ2v) is 5.39. The lowest BCUT2D eigenvalue weighted by Gasteiger charge is -2.12. The number of anilines is 2. The molecule has 0 saturated carbocycles. The number of amides is 1. The van der Waals surface area contributed by atoms with Crippen LogP contribution in [-0.4, -0.2) is 37.1 Å². The van der Waals surface area contributed by atoms with E-state index in [0.29, 0.717) is 11.5 Å². The molecule has 6 heteroatoms. The molecule has 0 atom stereocenters. The quantitative estimate of drug-likeness (QED) is 0.777. The highest BCUT2D eigenvalue weighted by atomic mass is 16.5. The maximum absolute atomic E-state index is 12.3. The standard InChI is InChI=1S/C17H18N4O2/c1-21(2)12-5-7-16(18-10-12)20-17(22)15-8-11-4-6-13(23-3)9-14(11)19-15/h4-10,19H,1-3H3,(H,18,20,22). The molecule has 23 heavy (non-hydrogen) atoms. The number of pyridine rings is 1. The summed E-state index contributed by atoms with van der Waals surface area (Å²) >= 11 is 0. The Kier molecular flexibility index (Phi) is 3.89. The van der Waals surface area contributed by atoms with Crippen molar-refractivity contribution < 1.29 is 9.53 Å². The predicted octanol–water partition coefficient (Wildman–Crippen LogP) is 2.89. The van der Waals surface area contributed by atoms with Crippen LogP contribution < -0.4 is 15.0 Å². The fraction of sp³-hybridized carbons (Fsp3) is 0.176. The minimum absolute atomic E-state index is 0.231. The zero-order chi connectivity index (χ0) is 16.4. The number of H-pyrrole nitrogens is 1. The predicted molar refractivity (Wildman–Crippen MR) is 91.4 cm³/mol. The van der Waals surface area contributed by atoms with Gasteiger partial charge in [0.15, 0.2) is 0 Å². The molecule has 1 amide bonds. The first kappa shape index (κ1) is 14.9. The number of hydrogen-bond donors (Lipinski definition) is 2. The lowest BCUT2D eigenvalue weighted by atomic mass is 10.2. The Bertz CT molecular complexity index is 837. The van der Waals surface area contributed by atoms with Gasteiger partial charge in [0.05, 0.1) is 19.0 Å². The van der Waals surface area contributed by atoms with Gasteiger partial charge in [-0.15, -0.1) is 0 Å². The zero-order valence-corrected chi connectivity index (χ0v) is 13.3. The van der Waals surface area contributed by atoms with Crippen molar-refractivity contribution in [3.8, 4) is 5.75 Å². The van der Waals surface area contributed by atoms with Gasteiger partial charge < -0.3 is 19.9 Å². The van der Waals surface area contributed by atoms with Crippen LogP contribution in [0.2, 0.25) is 0 Å². The smallest absolute Gasteiger partial charge is 0.273 e. The largest absolute Gasteiger partial charge is 0.497 e. The molecule has 6 nitrogen and oxygen atoms in total. The molecule has 2 heterocycles. The number of methoxy groups -OCH3 is 1. The highest BCUT2D eigenvalue weighted by Gasteiger charge is 2.11. The van der Waals surface area contributed by atoms with E-state index in [9.17, 15) is 4.79 Å². The number of carbonyl (C=O) groups excluding carboxylic acids is 1. The van der Waals surface area contributed by atoms with E-state index in [1.54, 1.807) is 25.4 Å². The van der Waals surface area contributed by atoms with E-state index < -0.39 is 0 Å². The minimum atomic E-state index is -0.231.